The van der Waals surface area contributed by atoms with Crippen molar-refractivity contribution in [3.8, 4) is 23.0 Å². The number of urea groups is 1. The summed E-state index contributed by atoms with van der Waals surface area (Å²) in [7, 11) is 0. The number of carbonyl (C=O) groups is 3. The lowest BCUT2D eigenvalue weighted by Gasteiger charge is -2.28. The molecular weight excluding hydrogens is 404 g/mol. The van der Waals surface area contributed by atoms with Gasteiger partial charge in [0.1, 0.15) is 17.1 Å². The summed E-state index contributed by atoms with van der Waals surface area (Å²) in [6.07, 6.45) is 1.39. The molecule has 31 heavy (non-hydrogen) atoms. The molecule has 9 heteroatoms. The summed E-state index contributed by atoms with van der Waals surface area (Å²) in [5.74, 6) is 0.288. The fourth-order valence-electron chi connectivity index (χ4n) is 3.25. The maximum Gasteiger partial charge on any atom is 0.336 e. The van der Waals surface area contributed by atoms with Crippen LogP contribution in [-0.4, -0.2) is 37.9 Å². The van der Waals surface area contributed by atoms with Crippen LogP contribution in [0.1, 0.15) is 19.4 Å². The van der Waals surface area contributed by atoms with E-state index < -0.39 is 17.8 Å². The first-order valence-corrected chi connectivity index (χ1v) is 9.72. The van der Waals surface area contributed by atoms with Crippen LogP contribution in [0.2, 0.25) is 0 Å². The first-order valence-electron chi connectivity index (χ1n) is 9.72. The molecule has 4 amide bonds. The maximum absolute atomic E-state index is 13.2. The number of hydrogen-bond acceptors (Lipinski definition) is 7. The van der Waals surface area contributed by atoms with E-state index in [1.54, 1.807) is 37.3 Å². The fourth-order valence-corrected chi connectivity index (χ4v) is 3.25. The van der Waals surface area contributed by atoms with Crippen LogP contribution in [-0.2, 0) is 9.59 Å². The molecule has 0 aliphatic carbocycles. The summed E-state index contributed by atoms with van der Waals surface area (Å²) in [6.45, 7) is 4.44. The van der Waals surface area contributed by atoms with E-state index in [1.165, 1.54) is 12.1 Å². The molecule has 0 bridgehead atoms. The van der Waals surface area contributed by atoms with E-state index in [0.717, 1.165) is 4.90 Å². The number of hydrogen-bond donors (Lipinski definition) is 1. The van der Waals surface area contributed by atoms with E-state index in [-0.39, 0.29) is 18.1 Å². The molecule has 1 N–H and O–H groups in total. The lowest BCUT2D eigenvalue weighted by atomic mass is 10.1. The van der Waals surface area contributed by atoms with E-state index >= 15 is 0 Å². The minimum atomic E-state index is -0.868. The number of anilines is 1. The van der Waals surface area contributed by atoms with Gasteiger partial charge in [0.2, 0.25) is 6.79 Å². The number of rotatable bonds is 6. The number of carbonyl (C=O) groups excluding carboxylic acids is 3. The monoisotopic (exact) mass is 424 g/mol. The van der Waals surface area contributed by atoms with Crippen LogP contribution in [0.5, 0.6) is 23.0 Å². The summed E-state index contributed by atoms with van der Waals surface area (Å²) in [4.78, 5) is 39.2. The minimum Gasteiger partial charge on any atom is -0.494 e. The van der Waals surface area contributed by atoms with Crippen LogP contribution < -0.4 is 29.2 Å². The quantitative estimate of drug-likeness (QED) is 0.562. The van der Waals surface area contributed by atoms with E-state index in [1.807, 2.05) is 6.92 Å². The molecule has 2 aromatic rings. The number of nitrogens with zero attached hydrogens (tertiary/aromatic N) is 1. The highest BCUT2D eigenvalue weighted by Crippen LogP contribution is 2.36. The molecule has 2 aliphatic rings. The lowest BCUT2D eigenvalue weighted by molar-refractivity contribution is -0.122. The highest BCUT2D eigenvalue weighted by molar-refractivity contribution is 6.39. The molecule has 0 atom stereocenters. The molecule has 4 rings (SSSR count). The highest BCUT2D eigenvalue weighted by Gasteiger charge is 2.38. The van der Waals surface area contributed by atoms with E-state index in [4.69, 9.17) is 18.9 Å². The molecule has 0 aromatic heterocycles. The summed E-state index contributed by atoms with van der Waals surface area (Å²) < 4.78 is 21.7. The molecule has 0 radical (unpaired) electrons. The summed E-state index contributed by atoms with van der Waals surface area (Å²) in [6, 6.07) is 8.97. The molecule has 0 unspecified atom stereocenters. The van der Waals surface area contributed by atoms with Crippen molar-refractivity contribution in [3.63, 3.8) is 0 Å². The topological polar surface area (TPSA) is 103 Å². The van der Waals surface area contributed by atoms with Gasteiger partial charge < -0.3 is 18.9 Å². The number of amides is 4. The van der Waals surface area contributed by atoms with Crippen molar-refractivity contribution in [2.75, 3.05) is 24.9 Å². The third-order valence-corrected chi connectivity index (χ3v) is 4.59. The molecule has 1 fully saturated rings. The summed E-state index contributed by atoms with van der Waals surface area (Å²) in [5, 5.41) is 2.21. The third kappa shape index (κ3) is 3.89. The average molecular weight is 424 g/mol. The van der Waals surface area contributed by atoms with Gasteiger partial charge in [0.05, 0.1) is 18.9 Å². The van der Waals surface area contributed by atoms with Crippen LogP contribution in [0.3, 0.4) is 0 Å². The molecule has 160 valence electrons. The van der Waals surface area contributed by atoms with E-state index in [0.29, 0.717) is 41.8 Å². The Morgan fingerprint density at radius 2 is 1.77 bits per heavy atom. The van der Waals surface area contributed by atoms with Gasteiger partial charge in [-0.15, -0.1) is 0 Å². The van der Waals surface area contributed by atoms with Crippen LogP contribution in [0.15, 0.2) is 42.0 Å². The normalized spacial score (nSPS) is 16.5. The van der Waals surface area contributed by atoms with Crippen LogP contribution in [0, 0.1) is 0 Å². The van der Waals surface area contributed by atoms with Gasteiger partial charge >= 0.3 is 6.03 Å². The zero-order valence-corrected chi connectivity index (χ0v) is 17.0. The van der Waals surface area contributed by atoms with Gasteiger partial charge in [-0.25, -0.2) is 9.69 Å². The van der Waals surface area contributed by atoms with E-state index in [2.05, 4.69) is 5.32 Å². The number of imide groups is 2. The highest BCUT2D eigenvalue weighted by atomic mass is 16.7. The molecular formula is C22H20N2O7. The van der Waals surface area contributed by atoms with Gasteiger partial charge in [0.15, 0.2) is 11.5 Å². The smallest absolute Gasteiger partial charge is 0.336 e. The Bertz CT molecular complexity index is 1090. The molecule has 9 nitrogen and oxygen atoms in total. The summed E-state index contributed by atoms with van der Waals surface area (Å²) in [5.41, 5.74) is 0.521. The molecule has 2 aromatic carbocycles. The maximum atomic E-state index is 13.2. The van der Waals surface area contributed by atoms with Gasteiger partial charge in [-0.2, -0.15) is 0 Å². The van der Waals surface area contributed by atoms with Gasteiger partial charge in [0.25, 0.3) is 11.8 Å². The third-order valence-electron chi connectivity index (χ3n) is 4.59. The zero-order chi connectivity index (χ0) is 22.0. The molecule has 2 aliphatic heterocycles. The average Bonchev–Trinajstić information content (AvgIpc) is 3.21. The number of barbiturate groups is 1. The Kier molecular flexibility index (Phi) is 5.48. The first kappa shape index (κ1) is 20.3. The summed E-state index contributed by atoms with van der Waals surface area (Å²) >= 11 is 0. The van der Waals surface area contributed by atoms with Crippen molar-refractivity contribution in [1.29, 1.82) is 0 Å². The molecule has 0 saturated carbocycles. The Hall–Kier alpha value is -4.01. The standard InChI is InChI=1S/C22H20N2O7/c1-3-28-14-6-8-17(29-4-2)16(11-14)24-21(26)15(20(25)23-22(24)27)9-13-5-7-18-19(10-13)31-12-30-18/h5-11H,3-4,12H2,1-2H3,(H,23,25,27)/b15-9-. The second-order valence-corrected chi connectivity index (χ2v) is 6.57. The number of nitrogens with one attached hydrogen (secondary N) is 1. The second-order valence-electron chi connectivity index (χ2n) is 6.57. The van der Waals surface area contributed by atoms with Gasteiger partial charge in [-0.3, -0.25) is 14.9 Å². The van der Waals surface area contributed by atoms with Crippen molar-refractivity contribution in [3.05, 3.63) is 47.5 Å². The zero-order valence-electron chi connectivity index (χ0n) is 17.0. The Labute approximate surface area is 178 Å². The van der Waals surface area contributed by atoms with Gasteiger partial charge in [0, 0.05) is 6.07 Å². The van der Waals surface area contributed by atoms with Gasteiger partial charge in [-0.1, -0.05) is 6.07 Å². The van der Waals surface area contributed by atoms with Gasteiger partial charge in [-0.05, 0) is 49.8 Å². The largest absolute Gasteiger partial charge is 0.494 e. The Morgan fingerprint density at radius 3 is 2.55 bits per heavy atom. The minimum absolute atomic E-state index is 0.105. The Morgan fingerprint density at radius 1 is 1.00 bits per heavy atom. The van der Waals surface area contributed by atoms with Crippen molar-refractivity contribution < 1.29 is 33.3 Å². The fraction of sp³-hybridized carbons (Fsp3) is 0.227. The van der Waals surface area contributed by atoms with Crippen LogP contribution in [0.25, 0.3) is 6.08 Å². The number of ether oxygens (including phenoxy) is 4. The Balaban J connectivity index is 1.74. The van der Waals surface area contributed by atoms with Crippen molar-refractivity contribution in [2.45, 2.75) is 13.8 Å². The van der Waals surface area contributed by atoms with Crippen molar-refractivity contribution in [2.24, 2.45) is 0 Å². The molecule has 2 heterocycles. The second kappa shape index (κ2) is 8.39. The van der Waals surface area contributed by atoms with Crippen LogP contribution in [0.4, 0.5) is 10.5 Å². The van der Waals surface area contributed by atoms with Crippen LogP contribution >= 0.6 is 0 Å². The lowest BCUT2D eigenvalue weighted by Crippen LogP contribution is -2.54. The predicted octanol–water partition coefficient (Wildman–Crippen LogP) is 2.88. The number of benzene rings is 2. The van der Waals surface area contributed by atoms with Crippen molar-refractivity contribution in [1.82, 2.24) is 5.32 Å². The first-order chi connectivity index (χ1) is 15.0. The number of fused-ring (bicyclic) bond motifs is 1. The molecule has 1 saturated heterocycles. The SMILES string of the molecule is CCOc1ccc(OCC)c(N2C(=O)NC(=O)/C(=C/c3ccc4c(c3)OCO4)C2=O)c1. The molecule has 0 spiro atoms. The van der Waals surface area contributed by atoms with E-state index in [9.17, 15) is 14.4 Å². The predicted molar refractivity (Wildman–Crippen MR) is 110 cm³/mol. The van der Waals surface area contributed by atoms with Crippen molar-refractivity contribution >= 4 is 29.6 Å².